The van der Waals surface area contributed by atoms with Crippen LogP contribution in [-0.4, -0.2) is 44.5 Å². The number of rotatable bonds is 5. The van der Waals surface area contributed by atoms with Gasteiger partial charge in [-0.3, -0.25) is 9.89 Å². The van der Waals surface area contributed by atoms with Crippen LogP contribution in [0.3, 0.4) is 0 Å². The molecule has 3 N–H and O–H groups in total. The molecule has 3 heterocycles. The number of hydrogen-bond acceptors (Lipinski definition) is 6. The fourth-order valence-electron chi connectivity index (χ4n) is 4.67. The summed E-state index contributed by atoms with van der Waals surface area (Å²) < 4.78 is 81.7. The average molecular weight is 597 g/mol. The number of H-pyrrole nitrogens is 1. The SMILES string of the molecule is CC1(C(=O)O)CCN(c2nc(O)c(C(=Cc3ccc(C(F)(F)F)cc3C(F)(F)F)c3ccc4[nH]ncc4c3)s2)CC1. The molecule has 1 saturated heterocycles. The molecular formula is C27H22F6N4O3S. The Bertz CT molecular complexity index is 1650. The van der Waals surface area contributed by atoms with E-state index in [0.29, 0.717) is 53.6 Å². The second-order valence-corrected chi connectivity index (χ2v) is 11.0. The van der Waals surface area contributed by atoms with Crippen molar-refractivity contribution in [1.29, 1.82) is 0 Å². The lowest BCUT2D eigenvalue weighted by Crippen LogP contribution is -2.42. The minimum Gasteiger partial charge on any atom is -0.492 e. The van der Waals surface area contributed by atoms with E-state index in [-0.39, 0.29) is 16.5 Å². The summed E-state index contributed by atoms with van der Waals surface area (Å²) in [5.74, 6) is -1.40. The fourth-order valence-corrected chi connectivity index (χ4v) is 5.72. The number of carboxylic acids is 1. The number of alkyl halides is 6. The van der Waals surface area contributed by atoms with E-state index in [1.54, 1.807) is 30.0 Å². The lowest BCUT2D eigenvalue weighted by molar-refractivity contribution is -0.149. The number of benzene rings is 2. The highest BCUT2D eigenvalue weighted by molar-refractivity contribution is 7.17. The van der Waals surface area contributed by atoms with Gasteiger partial charge in [0.05, 0.1) is 28.3 Å². The highest BCUT2D eigenvalue weighted by atomic mass is 32.1. The first kappa shape index (κ1) is 28.5. The normalized spacial score (nSPS) is 16.4. The number of halogens is 6. The van der Waals surface area contributed by atoms with E-state index in [1.807, 2.05) is 0 Å². The smallest absolute Gasteiger partial charge is 0.417 e. The van der Waals surface area contributed by atoms with Crippen LogP contribution >= 0.6 is 11.3 Å². The third kappa shape index (κ3) is 5.60. The standard InChI is InChI=1S/C27H22F6N4O3S/c1-25(23(39)40)6-8-37(9-7-25)24-35-22(38)21(41-24)18(14-3-5-20-16(10-14)13-34-36-20)11-15-2-4-17(26(28,29)30)12-19(15)27(31,32)33/h2-5,10-13,38H,6-9H2,1H3,(H,34,36)(H,39,40). The Hall–Kier alpha value is -4.07. The molecule has 2 aromatic heterocycles. The Morgan fingerprint density at radius 3 is 2.41 bits per heavy atom. The predicted molar refractivity (Wildman–Crippen MR) is 140 cm³/mol. The molecule has 41 heavy (non-hydrogen) atoms. The number of carboxylic acid groups (broad SMARTS) is 1. The zero-order chi connectivity index (χ0) is 29.7. The van der Waals surface area contributed by atoms with Crippen molar-refractivity contribution in [1.82, 2.24) is 15.2 Å². The topological polar surface area (TPSA) is 102 Å². The fraction of sp³-hybridized carbons (Fsp3) is 0.296. The Balaban J connectivity index is 1.63. The van der Waals surface area contributed by atoms with Gasteiger partial charge in [0.1, 0.15) is 4.88 Å². The third-order valence-electron chi connectivity index (χ3n) is 7.23. The van der Waals surface area contributed by atoms with Crippen molar-refractivity contribution in [3.05, 3.63) is 69.7 Å². The maximum atomic E-state index is 14.0. The largest absolute Gasteiger partial charge is 0.492 e. The molecule has 7 nitrogen and oxygen atoms in total. The van der Waals surface area contributed by atoms with Crippen LogP contribution in [-0.2, 0) is 17.1 Å². The van der Waals surface area contributed by atoms with Crippen molar-refractivity contribution >= 4 is 45.0 Å². The van der Waals surface area contributed by atoms with Gasteiger partial charge in [-0.15, -0.1) is 0 Å². The number of aromatic nitrogens is 3. The van der Waals surface area contributed by atoms with Gasteiger partial charge in [-0.25, -0.2) is 0 Å². The van der Waals surface area contributed by atoms with Crippen LogP contribution in [0.4, 0.5) is 31.5 Å². The lowest BCUT2D eigenvalue weighted by Gasteiger charge is -2.36. The van der Waals surface area contributed by atoms with Gasteiger partial charge in [0.25, 0.3) is 0 Å². The number of aromatic hydroxyl groups is 1. The molecule has 0 atom stereocenters. The first-order chi connectivity index (χ1) is 19.2. The van der Waals surface area contributed by atoms with Crippen LogP contribution in [0.25, 0.3) is 22.6 Å². The Morgan fingerprint density at radius 2 is 1.78 bits per heavy atom. The summed E-state index contributed by atoms with van der Waals surface area (Å²) in [7, 11) is 0. The number of nitrogens with zero attached hydrogens (tertiary/aromatic N) is 3. The van der Waals surface area contributed by atoms with Crippen molar-refractivity contribution < 1.29 is 41.4 Å². The van der Waals surface area contributed by atoms with Crippen molar-refractivity contribution in [2.75, 3.05) is 18.0 Å². The van der Waals surface area contributed by atoms with Gasteiger partial charge in [-0.2, -0.15) is 36.4 Å². The molecule has 2 aromatic carbocycles. The van der Waals surface area contributed by atoms with Crippen LogP contribution in [0.5, 0.6) is 5.88 Å². The average Bonchev–Trinajstić information content (AvgIpc) is 3.52. The van der Waals surface area contributed by atoms with E-state index < -0.39 is 46.3 Å². The molecule has 0 saturated carbocycles. The number of carbonyl (C=O) groups is 1. The molecule has 216 valence electrons. The third-order valence-corrected chi connectivity index (χ3v) is 8.37. The van der Waals surface area contributed by atoms with E-state index in [9.17, 15) is 41.4 Å². The second kappa shape index (κ2) is 10.1. The lowest BCUT2D eigenvalue weighted by atomic mass is 9.81. The summed E-state index contributed by atoms with van der Waals surface area (Å²) in [4.78, 5) is 17.7. The summed E-state index contributed by atoms with van der Waals surface area (Å²) in [6, 6.07) is 6.23. The Labute approximate surface area is 232 Å². The first-order valence-corrected chi connectivity index (χ1v) is 13.1. The zero-order valence-electron chi connectivity index (χ0n) is 21.3. The van der Waals surface area contributed by atoms with Gasteiger partial charge in [0.2, 0.25) is 5.88 Å². The highest BCUT2D eigenvalue weighted by Gasteiger charge is 2.39. The van der Waals surface area contributed by atoms with Gasteiger partial charge in [0, 0.05) is 24.0 Å². The molecule has 1 fully saturated rings. The maximum Gasteiger partial charge on any atom is 0.417 e. The molecule has 5 rings (SSSR count). The summed E-state index contributed by atoms with van der Waals surface area (Å²) >= 11 is 0.989. The molecule has 0 aliphatic carbocycles. The quantitative estimate of drug-likeness (QED) is 0.169. The van der Waals surface area contributed by atoms with Gasteiger partial charge in [-0.05, 0) is 61.2 Å². The van der Waals surface area contributed by atoms with Crippen LogP contribution < -0.4 is 4.90 Å². The summed E-state index contributed by atoms with van der Waals surface area (Å²) in [6.45, 7) is 2.30. The molecule has 1 aliphatic heterocycles. The van der Waals surface area contributed by atoms with Crippen LogP contribution in [0, 0.1) is 5.41 Å². The van der Waals surface area contributed by atoms with Crippen LogP contribution in [0.15, 0.2) is 42.6 Å². The first-order valence-electron chi connectivity index (χ1n) is 12.3. The number of piperidine rings is 1. The molecule has 14 heteroatoms. The number of hydrogen-bond donors (Lipinski definition) is 3. The number of anilines is 1. The minimum absolute atomic E-state index is 0.0634. The number of aliphatic carboxylic acids is 1. The van der Waals surface area contributed by atoms with Crippen molar-refractivity contribution in [2.24, 2.45) is 5.41 Å². The number of aromatic amines is 1. The zero-order valence-corrected chi connectivity index (χ0v) is 22.1. The molecule has 4 aromatic rings. The number of thiazole rings is 1. The van der Waals surface area contributed by atoms with Crippen molar-refractivity contribution in [3.8, 4) is 5.88 Å². The highest BCUT2D eigenvalue weighted by Crippen LogP contribution is 2.44. The molecule has 0 amide bonds. The predicted octanol–water partition coefficient (Wildman–Crippen LogP) is 7.04. The minimum atomic E-state index is -5.10. The van der Waals surface area contributed by atoms with Crippen LogP contribution in [0.2, 0.25) is 0 Å². The molecule has 0 radical (unpaired) electrons. The van der Waals surface area contributed by atoms with Gasteiger partial charge in [-0.1, -0.05) is 23.5 Å². The number of nitrogens with one attached hydrogen (secondary N) is 1. The van der Waals surface area contributed by atoms with E-state index in [1.165, 1.54) is 6.20 Å². The Kier molecular flexibility index (Phi) is 7.00. The number of fused-ring (bicyclic) bond motifs is 1. The van der Waals surface area contributed by atoms with Gasteiger partial charge >= 0.3 is 18.3 Å². The molecule has 0 bridgehead atoms. The van der Waals surface area contributed by atoms with Gasteiger partial charge in [0.15, 0.2) is 5.13 Å². The Morgan fingerprint density at radius 1 is 1.07 bits per heavy atom. The van der Waals surface area contributed by atoms with E-state index >= 15 is 0 Å². The maximum absolute atomic E-state index is 14.0. The van der Waals surface area contributed by atoms with Crippen LogP contribution in [0.1, 0.15) is 46.9 Å². The van der Waals surface area contributed by atoms with Crippen molar-refractivity contribution in [3.63, 3.8) is 0 Å². The summed E-state index contributed by atoms with van der Waals surface area (Å²) in [6.07, 6.45) is -6.86. The molecule has 1 aliphatic rings. The summed E-state index contributed by atoms with van der Waals surface area (Å²) in [5.41, 5.74) is -3.26. The molecule has 0 spiro atoms. The summed E-state index contributed by atoms with van der Waals surface area (Å²) in [5, 5.41) is 28.0. The second-order valence-electron chi connectivity index (χ2n) is 10.0. The molecular weight excluding hydrogens is 574 g/mol. The van der Waals surface area contributed by atoms with E-state index in [4.69, 9.17) is 0 Å². The van der Waals surface area contributed by atoms with Gasteiger partial charge < -0.3 is 15.1 Å². The van der Waals surface area contributed by atoms with E-state index in [0.717, 1.165) is 23.5 Å². The van der Waals surface area contributed by atoms with Crippen molar-refractivity contribution in [2.45, 2.75) is 32.1 Å². The van der Waals surface area contributed by atoms with E-state index in [2.05, 4.69) is 15.2 Å². The molecule has 0 unspecified atom stereocenters. The monoisotopic (exact) mass is 596 g/mol.